The van der Waals surface area contributed by atoms with Crippen LogP contribution in [0.4, 0.5) is 10.1 Å². The van der Waals surface area contributed by atoms with Crippen LogP contribution in [0.25, 0.3) is 0 Å². The van der Waals surface area contributed by atoms with Crippen molar-refractivity contribution in [3.8, 4) is 0 Å². The van der Waals surface area contributed by atoms with E-state index in [1.165, 1.54) is 53.7 Å². The lowest BCUT2D eigenvalue weighted by molar-refractivity contribution is -0.118. The molecule has 1 aromatic carbocycles. The average molecular weight is 422 g/mol. The molecule has 2 aromatic rings. The second-order valence-electron chi connectivity index (χ2n) is 6.63. The van der Waals surface area contributed by atoms with Gasteiger partial charge < -0.3 is 10.6 Å². The summed E-state index contributed by atoms with van der Waals surface area (Å²) in [4.78, 5) is 27.8. The Hall–Kier alpha value is -1.90. The van der Waals surface area contributed by atoms with E-state index in [0.29, 0.717) is 12.2 Å². The van der Waals surface area contributed by atoms with Gasteiger partial charge in [0, 0.05) is 17.1 Å². The first-order valence-electron chi connectivity index (χ1n) is 9.29. The van der Waals surface area contributed by atoms with Crippen molar-refractivity contribution in [1.29, 1.82) is 0 Å². The van der Waals surface area contributed by atoms with Crippen LogP contribution in [-0.4, -0.2) is 47.9 Å². The first-order valence-corrected chi connectivity index (χ1v) is 11.3. The van der Waals surface area contributed by atoms with E-state index in [2.05, 4.69) is 27.0 Å². The number of halogens is 1. The molecule has 2 heterocycles. The second kappa shape index (κ2) is 10.6. The Balaban J connectivity index is 1.38. The molecule has 8 heteroatoms. The molecule has 1 aliphatic heterocycles. The van der Waals surface area contributed by atoms with Gasteiger partial charge >= 0.3 is 0 Å². The van der Waals surface area contributed by atoms with Gasteiger partial charge in [-0.25, -0.2) is 4.39 Å². The molecule has 0 radical (unpaired) electrons. The van der Waals surface area contributed by atoms with E-state index in [-0.39, 0.29) is 35.2 Å². The van der Waals surface area contributed by atoms with Gasteiger partial charge in [-0.3, -0.25) is 14.5 Å². The first-order chi connectivity index (χ1) is 13.6. The van der Waals surface area contributed by atoms with Crippen LogP contribution < -0.4 is 10.6 Å². The fourth-order valence-electron chi connectivity index (χ4n) is 3.17. The number of nitrogens with one attached hydrogen (secondary N) is 2. The highest BCUT2D eigenvalue weighted by atomic mass is 32.2. The lowest BCUT2D eigenvalue weighted by Crippen LogP contribution is -2.37. The van der Waals surface area contributed by atoms with Crippen LogP contribution in [0.1, 0.15) is 23.8 Å². The number of carbonyl (C=O) groups is 2. The third-order valence-electron chi connectivity index (χ3n) is 4.54. The highest BCUT2D eigenvalue weighted by Crippen LogP contribution is 2.27. The maximum absolute atomic E-state index is 12.9. The zero-order valence-electron chi connectivity index (χ0n) is 15.5. The summed E-state index contributed by atoms with van der Waals surface area (Å²) in [6.07, 6.45) is 2.41. The maximum atomic E-state index is 12.9. The predicted molar refractivity (Wildman–Crippen MR) is 113 cm³/mol. The molecule has 0 saturated carbocycles. The van der Waals surface area contributed by atoms with Crippen LogP contribution in [0, 0.1) is 5.82 Å². The number of hydrogen-bond acceptors (Lipinski definition) is 5. The van der Waals surface area contributed by atoms with E-state index in [1.54, 1.807) is 11.3 Å². The van der Waals surface area contributed by atoms with E-state index in [9.17, 15) is 14.0 Å². The summed E-state index contributed by atoms with van der Waals surface area (Å²) < 4.78 is 12.9. The number of rotatable bonds is 9. The molecule has 3 rings (SSSR count). The standard InChI is InChI=1S/C20H24FN3O2S2/c21-15-5-7-16(8-6-15)23-20(26)14-27-13-19(25)22-12-17(18-4-3-11-28-18)24-9-1-2-10-24/h3-8,11,17H,1-2,9-10,12-14H2,(H,22,25)(H,23,26). The zero-order chi connectivity index (χ0) is 19.8. The highest BCUT2D eigenvalue weighted by Gasteiger charge is 2.24. The molecule has 2 amide bonds. The quantitative estimate of drug-likeness (QED) is 0.651. The van der Waals surface area contributed by atoms with Gasteiger partial charge in [-0.15, -0.1) is 23.1 Å². The van der Waals surface area contributed by atoms with Gasteiger partial charge in [-0.05, 0) is 61.6 Å². The van der Waals surface area contributed by atoms with E-state index >= 15 is 0 Å². The Labute approximate surface area is 172 Å². The van der Waals surface area contributed by atoms with Gasteiger partial charge in [0.2, 0.25) is 11.8 Å². The SMILES string of the molecule is O=C(CSCC(=O)Nc1ccc(F)cc1)NCC(c1cccs1)N1CCCC1. The molecule has 28 heavy (non-hydrogen) atoms. The maximum Gasteiger partial charge on any atom is 0.234 e. The largest absolute Gasteiger partial charge is 0.353 e. The number of nitrogens with zero attached hydrogens (tertiary/aromatic N) is 1. The molecular formula is C20H24FN3O2S2. The molecular weight excluding hydrogens is 397 g/mol. The van der Waals surface area contributed by atoms with E-state index < -0.39 is 0 Å². The molecule has 2 N–H and O–H groups in total. The van der Waals surface area contributed by atoms with Crippen LogP contribution in [0.2, 0.25) is 0 Å². The Morgan fingerprint density at radius 1 is 1.11 bits per heavy atom. The number of anilines is 1. The van der Waals surface area contributed by atoms with Gasteiger partial charge in [0.1, 0.15) is 5.82 Å². The summed E-state index contributed by atoms with van der Waals surface area (Å²) in [6, 6.07) is 9.98. The third kappa shape index (κ3) is 6.32. The average Bonchev–Trinajstić information content (AvgIpc) is 3.38. The molecule has 1 fully saturated rings. The van der Waals surface area contributed by atoms with Crippen LogP contribution in [0.15, 0.2) is 41.8 Å². The number of likely N-dealkylation sites (tertiary alicyclic amines) is 1. The second-order valence-corrected chi connectivity index (χ2v) is 8.59. The van der Waals surface area contributed by atoms with Crippen molar-refractivity contribution in [1.82, 2.24) is 10.2 Å². The Morgan fingerprint density at radius 3 is 2.50 bits per heavy atom. The predicted octanol–water partition coefficient (Wildman–Crippen LogP) is 3.51. The van der Waals surface area contributed by atoms with Crippen LogP contribution >= 0.6 is 23.1 Å². The molecule has 1 atom stereocenters. The van der Waals surface area contributed by atoms with Crippen LogP contribution in [0.3, 0.4) is 0 Å². The molecule has 1 aromatic heterocycles. The fourth-order valence-corrected chi connectivity index (χ4v) is 4.68. The number of thiophene rings is 1. The topological polar surface area (TPSA) is 61.4 Å². The zero-order valence-corrected chi connectivity index (χ0v) is 17.2. The molecule has 0 bridgehead atoms. The first kappa shape index (κ1) is 20.8. The summed E-state index contributed by atoms with van der Waals surface area (Å²) in [5.41, 5.74) is 0.542. The van der Waals surface area contributed by atoms with Crippen molar-refractivity contribution >= 4 is 40.6 Å². The number of hydrogen-bond donors (Lipinski definition) is 2. The van der Waals surface area contributed by atoms with Gasteiger partial charge in [0.25, 0.3) is 0 Å². The van der Waals surface area contributed by atoms with Crippen LogP contribution in [-0.2, 0) is 9.59 Å². The van der Waals surface area contributed by atoms with Crippen molar-refractivity contribution < 1.29 is 14.0 Å². The lowest BCUT2D eigenvalue weighted by atomic mass is 10.2. The molecule has 0 aliphatic carbocycles. The number of carbonyl (C=O) groups excluding carboxylic acids is 2. The summed E-state index contributed by atoms with van der Waals surface area (Å²) in [5, 5.41) is 7.76. The van der Waals surface area contributed by atoms with Crippen molar-refractivity contribution in [3.63, 3.8) is 0 Å². The lowest BCUT2D eigenvalue weighted by Gasteiger charge is -2.26. The number of amides is 2. The van der Waals surface area contributed by atoms with E-state index in [1.807, 2.05) is 6.07 Å². The van der Waals surface area contributed by atoms with Gasteiger partial charge in [0.15, 0.2) is 0 Å². The Morgan fingerprint density at radius 2 is 1.82 bits per heavy atom. The van der Waals surface area contributed by atoms with Crippen molar-refractivity contribution in [2.45, 2.75) is 18.9 Å². The fraction of sp³-hybridized carbons (Fsp3) is 0.400. The normalized spacial score (nSPS) is 15.3. The smallest absolute Gasteiger partial charge is 0.234 e. The van der Waals surface area contributed by atoms with Crippen molar-refractivity contribution in [3.05, 3.63) is 52.5 Å². The number of benzene rings is 1. The Kier molecular flexibility index (Phi) is 7.88. The van der Waals surface area contributed by atoms with Gasteiger partial charge in [-0.1, -0.05) is 6.07 Å². The van der Waals surface area contributed by atoms with E-state index in [4.69, 9.17) is 0 Å². The molecule has 1 aliphatic rings. The molecule has 1 unspecified atom stereocenters. The summed E-state index contributed by atoms with van der Waals surface area (Å²) in [5.74, 6) is -0.226. The van der Waals surface area contributed by atoms with Crippen molar-refractivity contribution in [2.75, 3.05) is 36.5 Å². The third-order valence-corrected chi connectivity index (χ3v) is 6.45. The minimum atomic E-state index is -0.348. The summed E-state index contributed by atoms with van der Waals surface area (Å²) >= 11 is 2.98. The molecule has 5 nitrogen and oxygen atoms in total. The minimum Gasteiger partial charge on any atom is -0.353 e. The minimum absolute atomic E-state index is 0.0691. The summed E-state index contributed by atoms with van der Waals surface area (Å²) in [7, 11) is 0. The van der Waals surface area contributed by atoms with Crippen molar-refractivity contribution in [2.24, 2.45) is 0 Å². The Bertz CT molecular complexity index is 762. The highest BCUT2D eigenvalue weighted by molar-refractivity contribution is 8.00. The van der Waals surface area contributed by atoms with Gasteiger partial charge in [0.05, 0.1) is 17.5 Å². The summed E-state index contributed by atoms with van der Waals surface area (Å²) in [6.45, 7) is 2.72. The van der Waals surface area contributed by atoms with Crippen LogP contribution in [0.5, 0.6) is 0 Å². The monoisotopic (exact) mass is 421 g/mol. The number of thioether (sulfide) groups is 1. The molecule has 0 spiro atoms. The van der Waals surface area contributed by atoms with E-state index in [0.717, 1.165) is 13.1 Å². The van der Waals surface area contributed by atoms with Gasteiger partial charge in [-0.2, -0.15) is 0 Å². The molecule has 150 valence electrons. The molecule has 1 saturated heterocycles.